The average molecular weight is 448 g/mol. The molecule has 0 heterocycles. The lowest BCUT2D eigenvalue weighted by molar-refractivity contribution is 0.0719. The van der Waals surface area contributed by atoms with Crippen LogP contribution in [0.3, 0.4) is 0 Å². The van der Waals surface area contributed by atoms with Gasteiger partial charge in [0.15, 0.2) is 0 Å². The first kappa shape index (κ1) is 21.2. The number of carbonyl (C=O) groups is 2. The highest BCUT2D eigenvalue weighted by molar-refractivity contribution is 5.97. The van der Waals surface area contributed by atoms with Crippen molar-refractivity contribution in [3.05, 3.63) is 114 Å². The summed E-state index contributed by atoms with van der Waals surface area (Å²) in [6.07, 6.45) is 0. The van der Waals surface area contributed by atoms with Gasteiger partial charge in [-0.25, -0.2) is 9.59 Å². The predicted molar refractivity (Wildman–Crippen MR) is 131 cm³/mol. The van der Waals surface area contributed by atoms with Crippen molar-refractivity contribution in [2.24, 2.45) is 0 Å². The lowest BCUT2D eigenvalue weighted by Crippen LogP contribution is -2.09. The molecular formula is C29H20O5. The number of hydrogen-bond acceptors (Lipinski definition) is 5. The number of phenols is 1. The maximum Gasteiger partial charge on any atom is 0.343 e. The summed E-state index contributed by atoms with van der Waals surface area (Å²) in [5, 5.41) is 13.2. The van der Waals surface area contributed by atoms with E-state index >= 15 is 0 Å². The zero-order valence-electron chi connectivity index (χ0n) is 18.3. The van der Waals surface area contributed by atoms with E-state index in [2.05, 4.69) is 6.07 Å². The van der Waals surface area contributed by atoms with Crippen LogP contribution >= 0.6 is 0 Å². The van der Waals surface area contributed by atoms with Gasteiger partial charge in [0.2, 0.25) is 0 Å². The molecule has 0 fully saturated rings. The Morgan fingerprint density at radius 3 is 1.56 bits per heavy atom. The van der Waals surface area contributed by atoms with Gasteiger partial charge in [-0.1, -0.05) is 42.0 Å². The first-order valence-corrected chi connectivity index (χ1v) is 10.7. The lowest BCUT2D eigenvalue weighted by Gasteiger charge is -2.08. The summed E-state index contributed by atoms with van der Waals surface area (Å²) in [6, 6.07) is 27.8. The minimum absolute atomic E-state index is 0.166. The van der Waals surface area contributed by atoms with E-state index in [-0.39, 0.29) is 5.75 Å². The highest BCUT2D eigenvalue weighted by Gasteiger charge is 2.12. The van der Waals surface area contributed by atoms with Gasteiger partial charge in [0, 0.05) is 0 Å². The van der Waals surface area contributed by atoms with Gasteiger partial charge in [-0.3, -0.25) is 0 Å². The van der Waals surface area contributed by atoms with Gasteiger partial charge in [0.05, 0.1) is 11.1 Å². The molecule has 0 spiro atoms. The second-order valence-corrected chi connectivity index (χ2v) is 8.06. The van der Waals surface area contributed by atoms with Crippen molar-refractivity contribution >= 4 is 33.5 Å². The van der Waals surface area contributed by atoms with Crippen LogP contribution in [0.4, 0.5) is 0 Å². The Labute approximate surface area is 195 Å². The molecule has 5 rings (SSSR count). The molecule has 0 saturated carbocycles. The van der Waals surface area contributed by atoms with Crippen molar-refractivity contribution in [3.63, 3.8) is 0 Å². The van der Waals surface area contributed by atoms with Crippen molar-refractivity contribution in [1.29, 1.82) is 0 Å². The van der Waals surface area contributed by atoms with Crippen LogP contribution in [-0.2, 0) is 0 Å². The molecule has 0 aromatic heterocycles. The van der Waals surface area contributed by atoms with Crippen molar-refractivity contribution in [3.8, 4) is 17.2 Å². The van der Waals surface area contributed by atoms with Crippen LogP contribution in [0.5, 0.6) is 17.2 Å². The summed E-state index contributed by atoms with van der Waals surface area (Å²) in [6.45, 7) is 2.02. The van der Waals surface area contributed by atoms with E-state index in [1.54, 1.807) is 72.8 Å². The van der Waals surface area contributed by atoms with Crippen LogP contribution in [0.15, 0.2) is 97.1 Å². The smallest absolute Gasteiger partial charge is 0.343 e. The number of aromatic hydroxyl groups is 1. The summed E-state index contributed by atoms with van der Waals surface area (Å²) in [5.41, 5.74) is 2.00. The number of fused-ring (bicyclic) bond motifs is 2. The molecule has 1 N–H and O–H groups in total. The number of phenolic OH excluding ortho intramolecular Hbond substituents is 1. The molecular weight excluding hydrogens is 428 g/mol. The molecule has 0 aliphatic rings. The fourth-order valence-electron chi connectivity index (χ4n) is 3.76. The molecule has 166 valence electrons. The number of carbonyl (C=O) groups excluding carboxylic acids is 2. The van der Waals surface area contributed by atoms with E-state index in [1.807, 2.05) is 25.1 Å². The zero-order valence-corrected chi connectivity index (χ0v) is 18.3. The number of esters is 2. The van der Waals surface area contributed by atoms with Gasteiger partial charge in [0.25, 0.3) is 0 Å². The first-order chi connectivity index (χ1) is 16.4. The number of rotatable bonds is 4. The SMILES string of the molecule is Cc1ccc2cc(C(=O)Oc3ccc(OC(=O)c4ccc5cc(O)ccc5c4)cc3)ccc2c1. The molecule has 0 aliphatic heterocycles. The zero-order chi connectivity index (χ0) is 23.7. The molecule has 0 atom stereocenters. The van der Waals surface area contributed by atoms with Gasteiger partial charge < -0.3 is 14.6 Å². The van der Waals surface area contributed by atoms with Crippen molar-refractivity contribution in [2.75, 3.05) is 0 Å². The molecule has 0 aliphatic carbocycles. The highest BCUT2D eigenvalue weighted by Crippen LogP contribution is 2.24. The third-order valence-electron chi connectivity index (χ3n) is 5.54. The van der Waals surface area contributed by atoms with E-state index in [0.29, 0.717) is 22.6 Å². The van der Waals surface area contributed by atoms with Crippen LogP contribution in [0.25, 0.3) is 21.5 Å². The van der Waals surface area contributed by atoms with Gasteiger partial charge in [0.1, 0.15) is 17.2 Å². The molecule has 5 nitrogen and oxygen atoms in total. The molecule has 0 unspecified atom stereocenters. The second kappa shape index (κ2) is 8.71. The standard InChI is InChI=1S/C29H20O5/c1-18-2-3-20-15-23(6-4-19(20)14-18)28(31)33-26-10-12-27(13-11-26)34-29(32)24-7-5-22-17-25(30)9-8-21(22)16-24/h2-17,30H,1H3. The molecule has 5 aromatic rings. The quantitative estimate of drug-likeness (QED) is 0.253. The van der Waals surface area contributed by atoms with Crippen LogP contribution in [0.2, 0.25) is 0 Å². The summed E-state index contributed by atoms with van der Waals surface area (Å²) >= 11 is 0. The minimum atomic E-state index is -0.508. The van der Waals surface area contributed by atoms with Crippen LogP contribution in [0.1, 0.15) is 26.3 Å². The molecule has 0 radical (unpaired) electrons. The maximum atomic E-state index is 12.6. The monoisotopic (exact) mass is 448 g/mol. The number of aryl methyl sites for hydroxylation is 1. The Hall–Kier alpha value is -4.64. The largest absolute Gasteiger partial charge is 0.508 e. The fourth-order valence-corrected chi connectivity index (χ4v) is 3.76. The Kier molecular flexibility index (Phi) is 5.44. The van der Waals surface area contributed by atoms with E-state index < -0.39 is 11.9 Å². The molecule has 5 heteroatoms. The third-order valence-corrected chi connectivity index (χ3v) is 5.54. The van der Waals surface area contributed by atoms with E-state index in [0.717, 1.165) is 27.1 Å². The lowest BCUT2D eigenvalue weighted by atomic mass is 10.0. The normalized spacial score (nSPS) is 10.9. The van der Waals surface area contributed by atoms with Crippen LogP contribution in [-0.4, -0.2) is 17.0 Å². The van der Waals surface area contributed by atoms with Crippen LogP contribution in [0, 0.1) is 6.92 Å². The highest BCUT2D eigenvalue weighted by atomic mass is 16.5. The predicted octanol–water partition coefficient (Wildman–Crippen LogP) is 6.45. The fraction of sp³-hybridized carbons (Fsp3) is 0.0345. The Balaban J connectivity index is 1.26. The number of ether oxygens (including phenoxy) is 2. The van der Waals surface area contributed by atoms with Crippen molar-refractivity contribution in [1.82, 2.24) is 0 Å². The molecule has 0 bridgehead atoms. The molecule has 0 saturated heterocycles. The van der Waals surface area contributed by atoms with Crippen molar-refractivity contribution < 1.29 is 24.2 Å². The number of hydrogen-bond donors (Lipinski definition) is 1. The van der Waals surface area contributed by atoms with Crippen LogP contribution < -0.4 is 9.47 Å². The van der Waals surface area contributed by atoms with Gasteiger partial charge in [-0.05, 0) is 89.1 Å². The van der Waals surface area contributed by atoms with Gasteiger partial charge in [-0.15, -0.1) is 0 Å². The van der Waals surface area contributed by atoms with E-state index in [9.17, 15) is 14.7 Å². The first-order valence-electron chi connectivity index (χ1n) is 10.7. The Morgan fingerprint density at radius 1 is 0.559 bits per heavy atom. The summed E-state index contributed by atoms with van der Waals surface area (Å²) in [7, 11) is 0. The summed E-state index contributed by atoms with van der Waals surface area (Å²) in [5.74, 6) is -0.129. The summed E-state index contributed by atoms with van der Waals surface area (Å²) in [4.78, 5) is 25.1. The van der Waals surface area contributed by atoms with Crippen molar-refractivity contribution in [2.45, 2.75) is 6.92 Å². The Bertz CT molecular complexity index is 1430. The molecule has 5 aromatic carbocycles. The van der Waals surface area contributed by atoms with E-state index in [1.165, 1.54) is 0 Å². The second-order valence-electron chi connectivity index (χ2n) is 8.06. The topological polar surface area (TPSA) is 72.8 Å². The molecule has 0 amide bonds. The third kappa shape index (κ3) is 4.45. The average Bonchev–Trinajstić information content (AvgIpc) is 2.84. The summed E-state index contributed by atoms with van der Waals surface area (Å²) < 4.78 is 10.9. The maximum absolute atomic E-state index is 12.6. The van der Waals surface area contributed by atoms with E-state index in [4.69, 9.17) is 9.47 Å². The molecule has 34 heavy (non-hydrogen) atoms. The number of benzene rings is 5. The minimum Gasteiger partial charge on any atom is -0.508 e. The Morgan fingerprint density at radius 2 is 1.00 bits per heavy atom. The van der Waals surface area contributed by atoms with Gasteiger partial charge in [-0.2, -0.15) is 0 Å². The van der Waals surface area contributed by atoms with Gasteiger partial charge >= 0.3 is 11.9 Å².